The minimum atomic E-state index is 0.237. The van der Waals surface area contributed by atoms with Gasteiger partial charge in [-0.25, -0.2) is 0 Å². The molecule has 0 N–H and O–H groups in total. The van der Waals surface area contributed by atoms with E-state index in [-0.39, 0.29) is 6.79 Å². The highest BCUT2D eigenvalue weighted by molar-refractivity contribution is 4.95. The summed E-state index contributed by atoms with van der Waals surface area (Å²) in [5, 5.41) is 0. The molecular formula is C22H44O4. The Kier molecular flexibility index (Phi) is 19.7. The molecule has 0 aromatic carbocycles. The van der Waals surface area contributed by atoms with E-state index in [2.05, 4.69) is 27.7 Å². The fourth-order valence-electron chi connectivity index (χ4n) is 2.53. The van der Waals surface area contributed by atoms with Crippen molar-refractivity contribution in [3.05, 3.63) is 11.7 Å². The third-order valence-corrected chi connectivity index (χ3v) is 4.07. The lowest BCUT2D eigenvalue weighted by molar-refractivity contribution is -0.0840. The van der Waals surface area contributed by atoms with Crippen LogP contribution in [0.1, 0.15) is 105 Å². The molecule has 0 rings (SSSR count). The fraction of sp³-hybridized carbons (Fsp3) is 0.909. The molecule has 0 aromatic rings. The zero-order valence-corrected chi connectivity index (χ0v) is 17.9. The van der Waals surface area contributed by atoms with Gasteiger partial charge in [0.1, 0.15) is 0 Å². The van der Waals surface area contributed by atoms with E-state index in [1.165, 1.54) is 44.9 Å². The summed E-state index contributed by atoms with van der Waals surface area (Å²) < 4.78 is 23.1. The van der Waals surface area contributed by atoms with Crippen LogP contribution in [0.3, 0.4) is 0 Å². The first-order valence-corrected chi connectivity index (χ1v) is 11.0. The van der Waals surface area contributed by atoms with Crippen LogP contribution < -0.4 is 0 Å². The van der Waals surface area contributed by atoms with Gasteiger partial charge in [0.05, 0.1) is 19.8 Å². The molecule has 0 fully saturated rings. The van der Waals surface area contributed by atoms with E-state index < -0.39 is 0 Å². The van der Waals surface area contributed by atoms with Gasteiger partial charge in [0.2, 0.25) is 0 Å². The average Bonchev–Trinajstić information content (AvgIpc) is 2.66. The van der Waals surface area contributed by atoms with Crippen LogP contribution in [-0.2, 0) is 18.9 Å². The number of hydrogen-bond donors (Lipinski definition) is 0. The number of ether oxygens (including phenoxy) is 4. The number of rotatable bonds is 20. The molecule has 4 nitrogen and oxygen atoms in total. The molecule has 0 bridgehead atoms. The Hall–Kier alpha value is -0.900. The largest absolute Gasteiger partial charge is 0.491 e. The maximum atomic E-state index is 5.90. The van der Waals surface area contributed by atoms with Gasteiger partial charge in [-0.3, -0.25) is 0 Å². The average molecular weight is 373 g/mol. The highest BCUT2D eigenvalue weighted by Gasteiger charge is 2.12. The van der Waals surface area contributed by atoms with Crippen LogP contribution in [0.2, 0.25) is 0 Å². The Balaban J connectivity index is 4.29. The summed E-state index contributed by atoms with van der Waals surface area (Å²) in [7, 11) is 0. The van der Waals surface area contributed by atoms with Gasteiger partial charge in [-0.2, -0.15) is 0 Å². The van der Waals surface area contributed by atoms with E-state index in [1.807, 2.05) is 0 Å². The summed E-state index contributed by atoms with van der Waals surface area (Å²) in [4.78, 5) is 0. The zero-order chi connectivity index (χ0) is 19.3. The summed E-state index contributed by atoms with van der Waals surface area (Å²) in [5.41, 5.74) is 0. The SMILES string of the molecule is CCCCCCCCOCOC(OCCC)=C(CCCCC)OCCC. The van der Waals surface area contributed by atoms with Gasteiger partial charge in [-0.15, -0.1) is 0 Å². The lowest BCUT2D eigenvalue weighted by Crippen LogP contribution is -2.10. The third-order valence-electron chi connectivity index (χ3n) is 4.07. The number of hydrogen-bond acceptors (Lipinski definition) is 4. The van der Waals surface area contributed by atoms with Gasteiger partial charge in [0.15, 0.2) is 12.6 Å². The van der Waals surface area contributed by atoms with Gasteiger partial charge in [0.25, 0.3) is 0 Å². The van der Waals surface area contributed by atoms with Crippen molar-refractivity contribution in [1.82, 2.24) is 0 Å². The topological polar surface area (TPSA) is 36.9 Å². The molecule has 26 heavy (non-hydrogen) atoms. The molecule has 0 aliphatic rings. The second kappa shape index (κ2) is 20.4. The Morgan fingerprint density at radius 2 is 1.15 bits per heavy atom. The first kappa shape index (κ1) is 25.1. The van der Waals surface area contributed by atoms with Crippen LogP contribution in [0, 0.1) is 0 Å². The number of unbranched alkanes of at least 4 members (excludes halogenated alkanes) is 7. The van der Waals surface area contributed by atoms with Gasteiger partial charge in [0, 0.05) is 6.42 Å². The van der Waals surface area contributed by atoms with Crippen LogP contribution >= 0.6 is 0 Å². The molecule has 0 amide bonds. The van der Waals surface area contributed by atoms with Crippen molar-refractivity contribution in [2.24, 2.45) is 0 Å². The minimum absolute atomic E-state index is 0.237. The molecule has 0 unspecified atom stereocenters. The maximum absolute atomic E-state index is 5.90. The van der Waals surface area contributed by atoms with Crippen molar-refractivity contribution in [2.45, 2.75) is 105 Å². The Morgan fingerprint density at radius 3 is 1.85 bits per heavy atom. The van der Waals surface area contributed by atoms with Gasteiger partial charge >= 0.3 is 5.95 Å². The van der Waals surface area contributed by atoms with E-state index >= 15 is 0 Å². The summed E-state index contributed by atoms with van der Waals surface area (Å²) in [5.74, 6) is 1.37. The van der Waals surface area contributed by atoms with Crippen LogP contribution in [-0.4, -0.2) is 26.6 Å². The van der Waals surface area contributed by atoms with E-state index in [0.717, 1.165) is 44.5 Å². The first-order valence-electron chi connectivity index (χ1n) is 11.0. The highest BCUT2D eigenvalue weighted by Crippen LogP contribution is 2.18. The smallest absolute Gasteiger partial charge is 0.321 e. The van der Waals surface area contributed by atoms with Crippen molar-refractivity contribution in [3.63, 3.8) is 0 Å². The molecule has 0 aliphatic carbocycles. The van der Waals surface area contributed by atoms with Crippen molar-refractivity contribution in [3.8, 4) is 0 Å². The molecular weight excluding hydrogens is 328 g/mol. The molecule has 0 atom stereocenters. The molecule has 156 valence electrons. The van der Waals surface area contributed by atoms with Crippen LogP contribution in [0.4, 0.5) is 0 Å². The molecule has 0 spiro atoms. The van der Waals surface area contributed by atoms with E-state index in [0.29, 0.717) is 19.2 Å². The van der Waals surface area contributed by atoms with Crippen LogP contribution in [0.25, 0.3) is 0 Å². The maximum Gasteiger partial charge on any atom is 0.321 e. The molecule has 0 saturated heterocycles. The predicted octanol–water partition coefficient (Wildman–Crippen LogP) is 6.94. The summed E-state index contributed by atoms with van der Waals surface area (Å²) in [6.07, 6.45) is 13.9. The van der Waals surface area contributed by atoms with Gasteiger partial charge in [-0.1, -0.05) is 72.6 Å². The molecule has 0 saturated carbocycles. The van der Waals surface area contributed by atoms with Crippen molar-refractivity contribution in [2.75, 3.05) is 26.6 Å². The lowest BCUT2D eigenvalue weighted by atomic mass is 10.1. The second-order valence-corrected chi connectivity index (χ2v) is 6.80. The summed E-state index contributed by atoms with van der Waals surface area (Å²) in [6.45, 7) is 11.0. The summed E-state index contributed by atoms with van der Waals surface area (Å²) in [6, 6.07) is 0. The normalized spacial score (nSPS) is 12.0. The second-order valence-electron chi connectivity index (χ2n) is 6.80. The summed E-state index contributed by atoms with van der Waals surface area (Å²) >= 11 is 0. The quantitative estimate of drug-likeness (QED) is 0.132. The Bertz CT molecular complexity index is 315. The van der Waals surface area contributed by atoms with Gasteiger partial charge in [-0.05, 0) is 25.7 Å². The van der Waals surface area contributed by atoms with E-state index in [9.17, 15) is 0 Å². The third kappa shape index (κ3) is 15.4. The standard InChI is InChI=1S/C22H44O4/c1-5-9-11-12-13-15-19-23-20-26-22(25-18-8-4)21(24-17-7-3)16-14-10-6-2/h5-20H2,1-4H3. The zero-order valence-electron chi connectivity index (χ0n) is 17.9. The van der Waals surface area contributed by atoms with Crippen molar-refractivity contribution < 1.29 is 18.9 Å². The molecule has 0 heterocycles. The fourth-order valence-corrected chi connectivity index (χ4v) is 2.53. The first-order chi connectivity index (χ1) is 12.8. The highest BCUT2D eigenvalue weighted by atomic mass is 16.7. The van der Waals surface area contributed by atoms with Crippen molar-refractivity contribution >= 4 is 0 Å². The number of allylic oxidation sites excluding steroid dienone is 1. The van der Waals surface area contributed by atoms with Gasteiger partial charge < -0.3 is 18.9 Å². The predicted molar refractivity (Wildman–Crippen MR) is 109 cm³/mol. The molecule has 0 radical (unpaired) electrons. The molecule has 0 aromatic heterocycles. The molecule has 4 heteroatoms. The van der Waals surface area contributed by atoms with Crippen LogP contribution in [0.15, 0.2) is 11.7 Å². The van der Waals surface area contributed by atoms with E-state index in [1.54, 1.807) is 0 Å². The lowest BCUT2D eigenvalue weighted by Gasteiger charge is -2.17. The Morgan fingerprint density at radius 1 is 0.538 bits per heavy atom. The van der Waals surface area contributed by atoms with Crippen molar-refractivity contribution in [1.29, 1.82) is 0 Å². The monoisotopic (exact) mass is 372 g/mol. The minimum Gasteiger partial charge on any atom is -0.491 e. The van der Waals surface area contributed by atoms with E-state index in [4.69, 9.17) is 18.9 Å². The Labute approximate surface area is 162 Å². The molecule has 0 aliphatic heterocycles. The van der Waals surface area contributed by atoms with Crippen LogP contribution in [0.5, 0.6) is 0 Å².